The molecule has 4 nitrogen and oxygen atoms in total. The number of aryl methyl sites for hydroxylation is 1. The number of imidazole rings is 1. The van der Waals surface area contributed by atoms with Crippen molar-refractivity contribution in [1.29, 1.82) is 0 Å². The van der Waals surface area contributed by atoms with E-state index in [2.05, 4.69) is 41.9 Å². The van der Waals surface area contributed by atoms with E-state index in [4.69, 9.17) is 9.72 Å². The van der Waals surface area contributed by atoms with E-state index in [1.54, 1.807) is 7.11 Å². The fourth-order valence-corrected chi connectivity index (χ4v) is 2.59. The van der Waals surface area contributed by atoms with Gasteiger partial charge in [-0.2, -0.15) is 0 Å². The smallest absolute Gasteiger partial charge is 0.111 e. The highest BCUT2D eigenvalue weighted by atomic mass is 16.5. The number of rotatable bonds is 8. The maximum atomic E-state index is 5.32. The number of para-hydroxylation sites is 2. The zero-order chi connectivity index (χ0) is 14.4. The minimum absolute atomic E-state index is 0.321. The number of aromatic nitrogens is 2. The molecule has 0 aliphatic rings. The lowest BCUT2D eigenvalue weighted by Gasteiger charge is -2.17. The molecule has 1 aromatic carbocycles. The summed E-state index contributed by atoms with van der Waals surface area (Å²) in [4.78, 5) is 4.78. The van der Waals surface area contributed by atoms with Crippen molar-refractivity contribution < 1.29 is 4.74 Å². The maximum Gasteiger partial charge on any atom is 0.111 e. The lowest BCUT2D eigenvalue weighted by Crippen LogP contribution is -2.36. The lowest BCUT2D eigenvalue weighted by atomic mass is 10.2. The van der Waals surface area contributed by atoms with Crippen LogP contribution in [-0.4, -0.2) is 35.9 Å². The molecule has 1 aromatic heterocycles. The molecule has 0 saturated heterocycles. The van der Waals surface area contributed by atoms with Crippen LogP contribution in [-0.2, 0) is 17.7 Å². The van der Waals surface area contributed by atoms with E-state index < -0.39 is 0 Å². The Hall–Kier alpha value is -1.39. The normalized spacial score (nSPS) is 12.9. The molecule has 2 aromatic rings. The Kier molecular flexibility index (Phi) is 5.56. The van der Waals surface area contributed by atoms with Crippen LogP contribution >= 0.6 is 0 Å². The number of hydrogen-bond acceptors (Lipinski definition) is 3. The summed E-state index contributed by atoms with van der Waals surface area (Å²) in [6.45, 7) is 7.02. The summed E-state index contributed by atoms with van der Waals surface area (Å²) in [5.74, 6) is 1.14. The van der Waals surface area contributed by atoms with Crippen LogP contribution in [0.4, 0.5) is 0 Å². The minimum Gasteiger partial charge on any atom is -0.383 e. The van der Waals surface area contributed by atoms with Gasteiger partial charge in [-0.25, -0.2) is 4.98 Å². The SMILES string of the molecule is CCCNC(COC)Cc1nc2ccccc2n1CC. The third kappa shape index (κ3) is 3.38. The van der Waals surface area contributed by atoms with E-state index in [0.717, 1.165) is 37.3 Å². The Morgan fingerprint density at radius 2 is 2.10 bits per heavy atom. The third-order valence-corrected chi connectivity index (χ3v) is 3.53. The van der Waals surface area contributed by atoms with E-state index in [-0.39, 0.29) is 0 Å². The third-order valence-electron chi connectivity index (χ3n) is 3.53. The van der Waals surface area contributed by atoms with Crippen LogP contribution in [0.5, 0.6) is 0 Å². The largest absolute Gasteiger partial charge is 0.383 e. The van der Waals surface area contributed by atoms with Gasteiger partial charge < -0.3 is 14.6 Å². The van der Waals surface area contributed by atoms with Gasteiger partial charge in [-0.1, -0.05) is 19.1 Å². The van der Waals surface area contributed by atoms with Crippen LogP contribution in [0.2, 0.25) is 0 Å². The van der Waals surface area contributed by atoms with Crippen LogP contribution in [0.1, 0.15) is 26.1 Å². The number of nitrogens with zero attached hydrogens (tertiary/aromatic N) is 2. The standard InChI is InChI=1S/C16H25N3O/c1-4-10-17-13(12-20-3)11-16-18-14-8-6-7-9-15(14)19(16)5-2/h6-9,13,17H,4-5,10-12H2,1-3H3. The first-order valence-corrected chi connectivity index (χ1v) is 7.46. The van der Waals surface area contributed by atoms with Crippen LogP contribution in [0.25, 0.3) is 11.0 Å². The van der Waals surface area contributed by atoms with Crippen molar-refractivity contribution in [3.8, 4) is 0 Å². The average Bonchev–Trinajstić information content (AvgIpc) is 2.82. The van der Waals surface area contributed by atoms with Crippen molar-refractivity contribution in [3.05, 3.63) is 30.1 Å². The van der Waals surface area contributed by atoms with Crippen LogP contribution in [0.15, 0.2) is 24.3 Å². The van der Waals surface area contributed by atoms with Gasteiger partial charge in [0, 0.05) is 26.1 Å². The number of nitrogens with one attached hydrogen (secondary N) is 1. The number of ether oxygens (including phenoxy) is 1. The van der Waals surface area contributed by atoms with E-state index in [1.165, 1.54) is 5.52 Å². The van der Waals surface area contributed by atoms with E-state index in [9.17, 15) is 0 Å². The number of hydrogen-bond donors (Lipinski definition) is 1. The Labute approximate surface area is 121 Å². The molecule has 1 heterocycles. The molecule has 1 N–H and O–H groups in total. The summed E-state index contributed by atoms with van der Waals surface area (Å²) in [6.07, 6.45) is 2.03. The van der Waals surface area contributed by atoms with Crippen molar-refractivity contribution in [2.45, 2.75) is 39.3 Å². The Bertz CT molecular complexity index is 536. The predicted octanol–water partition coefficient (Wildman–Crippen LogP) is 2.61. The maximum absolute atomic E-state index is 5.32. The highest BCUT2D eigenvalue weighted by Gasteiger charge is 2.15. The fourth-order valence-electron chi connectivity index (χ4n) is 2.59. The molecule has 0 fully saturated rings. The first-order valence-electron chi connectivity index (χ1n) is 7.46. The number of methoxy groups -OCH3 is 1. The number of fused-ring (bicyclic) bond motifs is 1. The molecule has 1 atom stereocenters. The van der Waals surface area contributed by atoms with Crippen molar-refractivity contribution >= 4 is 11.0 Å². The summed E-state index contributed by atoms with van der Waals surface area (Å²) >= 11 is 0. The molecular formula is C16H25N3O. The van der Waals surface area contributed by atoms with Gasteiger partial charge in [0.1, 0.15) is 5.82 Å². The van der Waals surface area contributed by atoms with Crippen molar-refractivity contribution in [2.24, 2.45) is 0 Å². The predicted molar refractivity (Wildman–Crippen MR) is 83.1 cm³/mol. The Morgan fingerprint density at radius 3 is 2.80 bits per heavy atom. The fraction of sp³-hybridized carbons (Fsp3) is 0.562. The van der Waals surface area contributed by atoms with Crippen LogP contribution in [0, 0.1) is 0 Å². The van der Waals surface area contributed by atoms with Gasteiger partial charge in [-0.05, 0) is 32.0 Å². The minimum atomic E-state index is 0.321. The Morgan fingerprint density at radius 1 is 1.30 bits per heavy atom. The van der Waals surface area contributed by atoms with Crippen LogP contribution < -0.4 is 5.32 Å². The first kappa shape index (κ1) is 15.0. The molecule has 1 unspecified atom stereocenters. The molecule has 2 rings (SSSR count). The summed E-state index contributed by atoms with van der Waals surface area (Å²) in [7, 11) is 1.75. The second-order valence-electron chi connectivity index (χ2n) is 5.07. The summed E-state index contributed by atoms with van der Waals surface area (Å²) in [6, 6.07) is 8.65. The molecular weight excluding hydrogens is 250 g/mol. The van der Waals surface area contributed by atoms with E-state index in [1.807, 2.05) is 6.07 Å². The van der Waals surface area contributed by atoms with Gasteiger partial charge in [-0.3, -0.25) is 0 Å². The quantitative estimate of drug-likeness (QED) is 0.805. The molecule has 0 saturated carbocycles. The van der Waals surface area contributed by atoms with Gasteiger partial charge in [0.25, 0.3) is 0 Å². The van der Waals surface area contributed by atoms with Gasteiger partial charge in [0.15, 0.2) is 0 Å². The second kappa shape index (κ2) is 7.41. The molecule has 0 radical (unpaired) electrons. The van der Waals surface area contributed by atoms with Crippen LogP contribution in [0.3, 0.4) is 0 Å². The molecule has 0 spiro atoms. The average molecular weight is 275 g/mol. The van der Waals surface area contributed by atoms with Crippen molar-refractivity contribution in [1.82, 2.24) is 14.9 Å². The molecule has 4 heteroatoms. The monoisotopic (exact) mass is 275 g/mol. The molecule has 0 amide bonds. The molecule has 0 aliphatic heterocycles. The van der Waals surface area contributed by atoms with Gasteiger partial charge in [0.2, 0.25) is 0 Å². The summed E-state index contributed by atoms with van der Waals surface area (Å²) in [5, 5.41) is 3.54. The van der Waals surface area contributed by atoms with E-state index >= 15 is 0 Å². The molecule has 20 heavy (non-hydrogen) atoms. The molecule has 0 aliphatic carbocycles. The zero-order valence-corrected chi connectivity index (χ0v) is 12.7. The highest BCUT2D eigenvalue weighted by molar-refractivity contribution is 5.75. The first-order chi connectivity index (χ1) is 9.80. The van der Waals surface area contributed by atoms with Gasteiger partial charge in [-0.15, -0.1) is 0 Å². The number of benzene rings is 1. The lowest BCUT2D eigenvalue weighted by molar-refractivity contribution is 0.165. The van der Waals surface area contributed by atoms with E-state index in [0.29, 0.717) is 12.6 Å². The summed E-state index contributed by atoms with van der Waals surface area (Å²) < 4.78 is 7.62. The summed E-state index contributed by atoms with van der Waals surface area (Å²) in [5.41, 5.74) is 2.30. The Balaban J connectivity index is 2.22. The molecule has 110 valence electrons. The van der Waals surface area contributed by atoms with Gasteiger partial charge >= 0.3 is 0 Å². The second-order valence-corrected chi connectivity index (χ2v) is 5.07. The highest BCUT2D eigenvalue weighted by Crippen LogP contribution is 2.17. The zero-order valence-electron chi connectivity index (χ0n) is 12.7. The van der Waals surface area contributed by atoms with Crippen molar-refractivity contribution in [2.75, 3.05) is 20.3 Å². The molecule has 0 bridgehead atoms. The van der Waals surface area contributed by atoms with Crippen molar-refractivity contribution in [3.63, 3.8) is 0 Å². The topological polar surface area (TPSA) is 39.1 Å². The van der Waals surface area contributed by atoms with Gasteiger partial charge in [0.05, 0.1) is 17.6 Å².